The Morgan fingerprint density at radius 1 is 1.00 bits per heavy atom. The fourth-order valence-corrected chi connectivity index (χ4v) is 3.66. The number of amides is 2. The van der Waals surface area contributed by atoms with Gasteiger partial charge in [0.05, 0.1) is 6.04 Å². The average molecular weight is 367 g/mol. The van der Waals surface area contributed by atoms with E-state index in [0.717, 1.165) is 35.7 Å². The molecule has 142 valence electrons. The van der Waals surface area contributed by atoms with Crippen molar-refractivity contribution >= 4 is 6.03 Å². The number of hydrogen-bond acceptors (Lipinski definition) is 4. The molecule has 1 saturated heterocycles. The zero-order valence-electron chi connectivity index (χ0n) is 15.3. The van der Waals surface area contributed by atoms with Gasteiger partial charge in [0.2, 0.25) is 6.79 Å². The lowest BCUT2D eigenvalue weighted by Crippen LogP contribution is -2.41. The molecule has 0 saturated carbocycles. The van der Waals surface area contributed by atoms with Gasteiger partial charge in [-0.25, -0.2) is 4.79 Å². The molecular weight excluding hydrogens is 342 g/mol. The molecule has 2 aliphatic heterocycles. The standard InChI is InChI=1S/C21H25N3O3/c25-21(22-13-16-6-2-1-3-7-16)23-14-18(24-10-4-5-11-24)17-8-9-19-20(12-17)27-15-26-19/h1-3,6-9,12,18H,4-5,10-11,13-15H2,(H2,22,23,25). The van der Waals surface area contributed by atoms with E-state index in [0.29, 0.717) is 13.1 Å². The summed E-state index contributed by atoms with van der Waals surface area (Å²) < 4.78 is 10.9. The van der Waals surface area contributed by atoms with Crippen LogP contribution in [0.1, 0.15) is 30.0 Å². The highest BCUT2D eigenvalue weighted by Crippen LogP contribution is 2.36. The second-order valence-corrected chi connectivity index (χ2v) is 6.92. The summed E-state index contributed by atoms with van der Waals surface area (Å²) in [7, 11) is 0. The number of hydrogen-bond donors (Lipinski definition) is 2. The molecule has 0 aromatic heterocycles. The van der Waals surface area contributed by atoms with E-state index < -0.39 is 0 Å². The number of likely N-dealkylation sites (tertiary alicyclic amines) is 1. The SMILES string of the molecule is O=C(NCc1ccccc1)NCC(c1ccc2c(c1)OCO2)N1CCCC1. The van der Waals surface area contributed by atoms with Gasteiger partial charge in [0.15, 0.2) is 11.5 Å². The van der Waals surface area contributed by atoms with E-state index in [-0.39, 0.29) is 18.9 Å². The zero-order chi connectivity index (χ0) is 18.5. The number of urea groups is 1. The van der Waals surface area contributed by atoms with Crippen LogP contribution < -0.4 is 20.1 Å². The number of carbonyl (C=O) groups excluding carboxylic acids is 1. The molecule has 2 N–H and O–H groups in total. The highest BCUT2D eigenvalue weighted by Gasteiger charge is 2.26. The van der Waals surface area contributed by atoms with E-state index in [9.17, 15) is 4.79 Å². The highest BCUT2D eigenvalue weighted by atomic mass is 16.7. The molecule has 1 fully saturated rings. The second kappa shape index (κ2) is 8.31. The molecule has 2 aromatic carbocycles. The number of benzene rings is 2. The van der Waals surface area contributed by atoms with E-state index in [4.69, 9.17) is 9.47 Å². The van der Waals surface area contributed by atoms with Gasteiger partial charge in [-0.1, -0.05) is 36.4 Å². The summed E-state index contributed by atoms with van der Waals surface area (Å²) in [6, 6.07) is 15.9. The molecule has 1 atom stereocenters. The van der Waals surface area contributed by atoms with Crippen LogP contribution >= 0.6 is 0 Å². The third-order valence-electron chi connectivity index (χ3n) is 5.11. The summed E-state index contributed by atoms with van der Waals surface area (Å²) in [5, 5.41) is 5.96. The van der Waals surface area contributed by atoms with Crippen LogP contribution in [0.2, 0.25) is 0 Å². The fourth-order valence-electron chi connectivity index (χ4n) is 3.66. The van der Waals surface area contributed by atoms with Crippen molar-refractivity contribution < 1.29 is 14.3 Å². The van der Waals surface area contributed by atoms with Crippen LogP contribution in [0, 0.1) is 0 Å². The molecule has 27 heavy (non-hydrogen) atoms. The molecule has 0 bridgehead atoms. The van der Waals surface area contributed by atoms with Crippen LogP contribution in [0.3, 0.4) is 0 Å². The molecule has 6 nitrogen and oxygen atoms in total. The van der Waals surface area contributed by atoms with Gasteiger partial charge >= 0.3 is 6.03 Å². The van der Waals surface area contributed by atoms with E-state index in [2.05, 4.69) is 21.6 Å². The summed E-state index contributed by atoms with van der Waals surface area (Å²) in [5.41, 5.74) is 2.23. The molecular formula is C21H25N3O3. The highest BCUT2D eigenvalue weighted by molar-refractivity contribution is 5.73. The largest absolute Gasteiger partial charge is 0.454 e. The molecule has 1 unspecified atom stereocenters. The molecule has 4 rings (SSSR count). The van der Waals surface area contributed by atoms with Crippen molar-refractivity contribution in [2.75, 3.05) is 26.4 Å². The first-order chi connectivity index (χ1) is 13.3. The predicted molar refractivity (Wildman–Crippen MR) is 103 cm³/mol. The van der Waals surface area contributed by atoms with E-state index in [1.54, 1.807) is 0 Å². The van der Waals surface area contributed by atoms with Crippen molar-refractivity contribution in [1.82, 2.24) is 15.5 Å². The number of nitrogens with zero attached hydrogens (tertiary/aromatic N) is 1. The lowest BCUT2D eigenvalue weighted by Gasteiger charge is -2.28. The van der Waals surface area contributed by atoms with Gasteiger partial charge in [0, 0.05) is 13.1 Å². The Morgan fingerprint density at radius 3 is 2.59 bits per heavy atom. The summed E-state index contributed by atoms with van der Waals surface area (Å²) in [6.07, 6.45) is 2.39. The van der Waals surface area contributed by atoms with Crippen LogP contribution in [0.15, 0.2) is 48.5 Å². The topological polar surface area (TPSA) is 62.8 Å². The number of carbonyl (C=O) groups is 1. The van der Waals surface area contributed by atoms with Crippen LogP contribution in [-0.4, -0.2) is 37.4 Å². The van der Waals surface area contributed by atoms with Crippen molar-refractivity contribution in [2.45, 2.75) is 25.4 Å². The molecule has 2 amide bonds. The molecule has 2 heterocycles. The van der Waals surface area contributed by atoms with E-state index >= 15 is 0 Å². The third-order valence-corrected chi connectivity index (χ3v) is 5.11. The van der Waals surface area contributed by atoms with Crippen LogP contribution in [0.25, 0.3) is 0 Å². The van der Waals surface area contributed by atoms with Gasteiger partial charge in [-0.15, -0.1) is 0 Å². The average Bonchev–Trinajstić information content (AvgIpc) is 3.39. The zero-order valence-corrected chi connectivity index (χ0v) is 15.3. The summed E-state index contributed by atoms with van der Waals surface area (Å²) in [5.74, 6) is 1.57. The Kier molecular flexibility index (Phi) is 5.44. The maximum absolute atomic E-state index is 12.3. The fraction of sp³-hybridized carbons (Fsp3) is 0.381. The second-order valence-electron chi connectivity index (χ2n) is 6.92. The minimum absolute atomic E-state index is 0.129. The minimum Gasteiger partial charge on any atom is -0.454 e. The Balaban J connectivity index is 1.38. The normalized spacial score (nSPS) is 16.9. The maximum atomic E-state index is 12.3. The molecule has 0 aliphatic carbocycles. The van der Waals surface area contributed by atoms with Crippen molar-refractivity contribution in [3.8, 4) is 11.5 Å². The Labute approximate surface area is 159 Å². The summed E-state index contributed by atoms with van der Waals surface area (Å²) >= 11 is 0. The Morgan fingerprint density at radius 2 is 1.78 bits per heavy atom. The summed E-state index contributed by atoms with van der Waals surface area (Å²) in [4.78, 5) is 14.7. The van der Waals surface area contributed by atoms with Gasteiger partial charge in [0.1, 0.15) is 0 Å². The van der Waals surface area contributed by atoms with Gasteiger partial charge in [-0.3, -0.25) is 4.90 Å². The van der Waals surface area contributed by atoms with Crippen LogP contribution in [0.5, 0.6) is 11.5 Å². The van der Waals surface area contributed by atoms with Crippen LogP contribution in [-0.2, 0) is 6.54 Å². The van der Waals surface area contributed by atoms with Crippen molar-refractivity contribution in [3.63, 3.8) is 0 Å². The lowest BCUT2D eigenvalue weighted by molar-refractivity contribution is 0.173. The van der Waals surface area contributed by atoms with Gasteiger partial charge in [-0.2, -0.15) is 0 Å². The number of fused-ring (bicyclic) bond motifs is 1. The van der Waals surface area contributed by atoms with Crippen LogP contribution in [0.4, 0.5) is 4.79 Å². The van der Waals surface area contributed by atoms with E-state index in [1.807, 2.05) is 42.5 Å². The lowest BCUT2D eigenvalue weighted by atomic mass is 10.0. The Bertz CT molecular complexity index is 775. The monoisotopic (exact) mass is 367 g/mol. The molecule has 2 aliphatic rings. The Hall–Kier alpha value is -2.73. The minimum atomic E-state index is -0.149. The predicted octanol–water partition coefficient (Wildman–Crippen LogP) is 3.05. The first-order valence-corrected chi connectivity index (χ1v) is 9.49. The van der Waals surface area contributed by atoms with Crippen molar-refractivity contribution in [1.29, 1.82) is 0 Å². The van der Waals surface area contributed by atoms with Gasteiger partial charge in [-0.05, 0) is 49.2 Å². The van der Waals surface area contributed by atoms with Crippen molar-refractivity contribution in [2.24, 2.45) is 0 Å². The van der Waals surface area contributed by atoms with Gasteiger partial charge < -0.3 is 20.1 Å². The van der Waals surface area contributed by atoms with E-state index in [1.165, 1.54) is 12.8 Å². The number of rotatable bonds is 6. The first-order valence-electron chi connectivity index (χ1n) is 9.49. The number of ether oxygens (including phenoxy) is 2. The maximum Gasteiger partial charge on any atom is 0.315 e. The van der Waals surface area contributed by atoms with Gasteiger partial charge in [0.25, 0.3) is 0 Å². The quantitative estimate of drug-likeness (QED) is 0.824. The molecule has 0 spiro atoms. The van der Waals surface area contributed by atoms with Crippen molar-refractivity contribution in [3.05, 3.63) is 59.7 Å². The summed E-state index contributed by atoms with van der Waals surface area (Å²) in [6.45, 7) is 3.44. The molecule has 6 heteroatoms. The molecule has 0 radical (unpaired) electrons. The smallest absolute Gasteiger partial charge is 0.315 e. The number of nitrogens with one attached hydrogen (secondary N) is 2. The molecule has 2 aromatic rings. The third kappa shape index (κ3) is 4.34. The first kappa shape index (κ1) is 17.7.